The van der Waals surface area contributed by atoms with Crippen LogP contribution in [0.5, 0.6) is 0 Å². The highest BCUT2D eigenvalue weighted by Gasteiger charge is 2.06. The average molecular weight is 243 g/mol. The van der Waals surface area contributed by atoms with Crippen molar-refractivity contribution in [1.29, 1.82) is 0 Å². The molecular formula is C10H15BrSi. The van der Waals surface area contributed by atoms with Gasteiger partial charge in [-0.05, 0) is 6.04 Å². The first-order chi connectivity index (χ1) is 5.84. The Labute approximate surface area is 84.2 Å². The molecule has 0 heterocycles. The van der Waals surface area contributed by atoms with E-state index >= 15 is 0 Å². The fourth-order valence-corrected chi connectivity index (χ4v) is 4.84. The van der Waals surface area contributed by atoms with Gasteiger partial charge >= 0.3 is 0 Å². The molecule has 0 amide bonds. The molecule has 2 heteroatoms. The smallest absolute Gasteiger partial charge is 0.125 e. The van der Waals surface area contributed by atoms with Gasteiger partial charge in [0.05, 0.1) is 0 Å². The minimum atomic E-state index is -0.766. The number of rotatable bonds is 4. The number of hydrogen-bond acceptors (Lipinski definition) is 0. The highest BCUT2D eigenvalue weighted by molar-refractivity contribution is 9.25. The predicted molar refractivity (Wildman–Crippen MR) is 61.9 cm³/mol. The van der Waals surface area contributed by atoms with E-state index in [4.69, 9.17) is 0 Å². The van der Waals surface area contributed by atoms with Crippen LogP contribution in [-0.2, 0) is 0 Å². The number of unbranched alkanes of at least 4 members (excludes halogenated alkanes) is 1. The van der Waals surface area contributed by atoms with Crippen LogP contribution in [0.15, 0.2) is 30.3 Å². The first-order valence-corrected chi connectivity index (χ1v) is 9.11. The summed E-state index contributed by atoms with van der Waals surface area (Å²) in [6.07, 6.45) is 2.67. The van der Waals surface area contributed by atoms with Crippen LogP contribution in [0.25, 0.3) is 0 Å². The minimum absolute atomic E-state index is 0.766. The van der Waals surface area contributed by atoms with E-state index < -0.39 is 7.42 Å². The zero-order chi connectivity index (χ0) is 8.81. The molecule has 0 radical (unpaired) electrons. The molecule has 1 unspecified atom stereocenters. The molecule has 0 spiro atoms. The summed E-state index contributed by atoms with van der Waals surface area (Å²) in [4.78, 5) is 0. The third-order valence-electron chi connectivity index (χ3n) is 1.97. The van der Waals surface area contributed by atoms with E-state index in [0.29, 0.717) is 0 Å². The summed E-state index contributed by atoms with van der Waals surface area (Å²) in [6, 6.07) is 12.2. The quantitative estimate of drug-likeness (QED) is 0.563. The van der Waals surface area contributed by atoms with E-state index in [1.54, 1.807) is 0 Å². The van der Waals surface area contributed by atoms with Gasteiger partial charge in [0.1, 0.15) is 7.42 Å². The van der Waals surface area contributed by atoms with Crippen molar-refractivity contribution in [1.82, 2.24) is 0 Å². The van der Waals surface area contributed by atoms with Crippen molar-refractivity contribution in [2.75, 3.05) is 0 Å². The van der Waals surface area contributed by atoms with Crippen molar-refractivity contribution < 1.29 is 0 Å². The van der Waals surface area contributed by atoms with E-state index in [0.717, 1.165) is 0 Å². The molecule has 1 aromatic rings. The van der Waals surface area contributed by atoms with Crippen LogP contribution in [-0.4, -0.2) is 7.42 Å². The van der Waals surface area contributed by atoms with Crippen molar-refractivity contribution in [2.24, 2.45) is 0 Å². The van der Waals surface area contributed by atoms with Gasteiger partial charge in [-0.25, -0.2) is 0 Å². The van der Waals surface area contributed by atoms with Gasteiger partial charge in [0.25, 0.3) is 0 Å². The van der Waals surface area contributed by atoms with E-state index in [9.17, 15) is 0 Å². The SMILES string of the molecule is CCCC[SiH](Br)c1ccccc1. The van der Waals surface area contributed by atoms with Gasteiger partial charge in [-0.2, -0.15) is 0 Å². The van der Waals surface area contributed by atoms with Crippen LogP contribution in [0.1, 0.15) is 19.8 Å². The molecule has 0 saturated heterocycles. The third-order valence-corrected chi connectivity index (χ3v) is 6.96. The average Bonchev–Trinajstić information content (AvgIpc) is 2.15. The lowest BCUT2D eigenvalue weighted by Crippen LogP contribution is -2.22. The Morgan fingerprint density at radius 3 is 2.50 bits per heavy atom. The minimum Gasteiger partial charge on any atom is -0.125 e. The molecule has 1 aromatic carbocycles. The molecule has 0 N–H and O–H groups in total. The monoisotopic (exact) mass is 242 g/mol. The lowest BCUT2D eigenvalue weighted by molar-refractivity contribution is 0.880. The van der Waals surface area contributed by atoms with Gasteiger partial charge in [0.2, 0.25) is 0 Å². The van der Waals surface area contributed by atoms with Gasteiger partial charge in [-0.3, -0.25) is 0 Å². The lowest BCUT2D eigenvalue weighted by Gasteiger charge is -2.06. The Bertz CT molecular complexity index is 210. The molecule has 0 aliphatic carbocycles. The van der Waals surface area contributed by atoms with Gasteiger partial charge in [-0.15, -0.1) is 15.3 Å². The number of hydrogen-bond donors (Lipinski definition) is 0. The predicted octanol–water partition coefficient (Wildman–Crippen LogP) is 2.81. The normalized spacial score (nSPS) is 12.8. The summed E-state index contributed by atoms with van der Waals surface area (Å²) in [6.45, 7) is 2.25. The van der Waals surface area contributed by atoms with Crippen LogP contribution in [0.3, 0.4) is 0 Å². The van der Waals surface area contributed by atoms with Gasteiger partial charge in [-0.1, -0.05) is 55.3 Å². The molecule has 0 aliphatic rings. The first-order valence-electron chi connectivity index (χ1n) is 4.53. The first kappa shape index (κ1) is 10.0. The van der Waals surface area contributed by atoms with Crippen LogP contribution < -0.4 is 5.19 Å². The molecule has 0 saturated carbocycles. The van der Waals surface area contributed by atoms with Crippen molar-refractivity contribution in [2.45, 2.75) is 25.8 Å². The Morgan fingerprint density at radius 1 is 1.25 bits per heavy atom. The van der Waals surface area contributed by atoms with E-state index in [1.807, 2.05) is 0 Å². The molecule has 0 aliphatic heterocycles. The standard InChI is InChI=1S/C10H15BrSi/c1-2-3-9-12(11)10-7-5-4-6-8-10/h4-8,12H,2-3,9H2,1H3. The van der Waals surface area contributed by atoms with Crippen molar-refractivity contribution in [3.05, 3.63) is 30.3 Å². The largest absolute Gasteiger partial charge is 0.145 e. The Balaban J connectivity index is 2.48. The summed E-state index contributed by atoms with van der Waals surface area (Å²) in [5.41, 5.74) is 0. The van der Waals surface area contributed by atoms with Crippen LogP contribution in [0, 0.1) is 0 Å². The second-order valence-electron chi connectivity index (χ2n) is 3.02. The molecule has 0 bridgehead atoms. The second-order valence-corrected chi connectivity index (χ2v) is 8.52. The maximum atomic E-state index is 3.83. The Morgan fingerprint density at radius 2 is 1.92 bits per heavy atom. The fourth-order valence-electron chi connectivity index (χ4n) is 1.21. The second kappa shape index (κ2) is 5.54. The molecule has 1 rings (SSSR count). The van der Waals surface area contributed by atoms with E-state index in [1.165, 1.54) is 24.1 Å². The zero-order valence-corrected chi connectivity index (χ0v) is 10.2. The molecular weight excluding hydrogens is 228 g/mol. The van der Waals surface area contributed by atoms with Gasteiger partial charge in [0.15, 0.2) is 0 Å². The molecule has 12 heavy (non-hydrogen) atoms. The lowest BCUT2D eigenvalue weighted by atomic mass is 10.4. The number of halogens is 1. The van der Waals surface area contributed by atoms with E-state index in [-0.39, 0.29) is 0 Å². The highest BCUT2D eigenvalue weighted by Crippen LogP contribution is 2.06. The summed E-state index contributed by atoms with van der Waals surface area (Å²) >= 11 is 3.83. The summed E-state index contributed by atoms with van der Waals surface area (Å²) < 4.78 is 0. The van der Waals surface area contributed by atoms with Crippen LogP contribution in [0.2, 0.25) is 6.04 Å². The Hall–Kier alpha value is -0.0831. The fraction of sp³-hybridized carbons (Fsp3) is 0.400. The van der Waals surface area contributed by atoms with Gasteiger partial charge in [0, 0.05) is 0 Å². The summed E-state index contributed by atoms with van der Waals surface area (Å²) in [5.74, 6) is 0. The molecule has 1 atom stereocenters. The maximum absolute atomic E-state index is 3.83. The number of benzene rings is 1. The third kappa shape index (κ3) is 3.11. The molecule has 66 valence electrons. The Kier molecular flexibility index (Phi) is 4.62. The van der Waals surface area contributed by atoms with Crippen molar-refractivity contribution >= 4 is 27.9 Å². The van der Waals surface area contributed by atoms with Crippen LogP contribution in [0.4, 0.5) is 0 Å². The summed E-state index contributed by atoms with van der Waals surface area (Å²) in [7, 11) is -0.766. The van der Waals surface area contributed by atoms with E-state index in [2.05, 4.69) is 52.5 Å². The molecule has 0 aromatic heterocycles. The highest BCUT2D eigenvalue weighted by atomic mass is 79.9. The van der Waals surface area contributed by atoms with Gasteiger partial charge < -0.3 is 0 Å². The zero-order valence-electron chi connectivity index (χ0n) is 7.46. The van der Waals surface area contributed by atoms with Crippen molar-refractivity contribution in [3.63, 3.8) is 0 Å². The molecule has 0 nitrogen and oxygen atoms in total. The van der Waals surface area contributed by atoms with Crippen LogP contribution >= 0.6 is 15.3 Å². The topological polar surface area (TPSA) is 0 Å². The summed E-state index contributed by atoms with van der Waals surface area (Å²) in [5, 5.41) is 1.53. The van der Waals surface area contributed by atoms with Crippen molar-refractivity contribution in [3.8, 4) is 0 Å². The maximum Gasteiger partial charge on any atom is 0.145 e. The molecule has 0 fully saturated rings.